The van der Waals surface area contributed by atoms with Gasteiger partial charge >= 0.3 is 12.4 Å². The molecule has 2 atom stereocenters. The number of rotatable bonds is 9. The number of morpholine rings is 2. The predicted molar refractivity (Wildman–Crippen MR) is 151 cm³/mol. The van der Waals surface area contributed by atoms with Crippen LogP contribution in [0.1, 0.15) is 56.1 Å². The fourth-order valence-corrected chi connectivity index (χ4v) is 5.93. The minimum Gasteiger partial charge on any atom is -0.379 e. The molecule has 0 saturated carbocycles. The lowest BCUT2D eigenvalue weighted by Crippen LogP contribution is -2.41. The third kappa shape index (κ3) is 7.98. The van der Waals surface area contributed by atoms with E-state index in [0.29, 0.717) is 75.7 Å². The predicted octanol–water partition coefficient (Wildman–Crippen LogP) is 4.85. The molecule has 2 aromatic heterocycles. The topological polar surface area (TPSA) is 93.8 Å². The highest BCUT2D eigenvalue weighted by Gasteiger charge is 2.35. The molecule has 45 heavy (non-hydrogen) atoms. The summed E-state index contributed by atoms with van der Waals surface area (Å²) in [5, 5.41) is 0. The minimum atomic E-state index is -4.60. The van der Waals surface area contributed by atoms with Gasteiger partial charge in [0.05, 0.1) is 26.4 Å². The second-order valence-electron chi connectivity index (χ2n) is 11.0. The van der Waals surface area contributed by atoms with Gasteiger partial charge in [0.2, 0.25) is 5.91 Å². The summed E-state index contributed by atoms with van der Waals surface area (Å²) in [7, 11) is 0. The number of primary amides is 1. The number of carbonyl (C=O) groups excluding carboxylic acids is 1. The maximum absolute atomic E-state index is 13.3. The second-order valence-corrected chi connectivity index (χ2v) is 11.0. The third-order valence-electron chi connectivity index (χ3n) is 8.25. The van der Waals surface area contributed by atoms with Crippen LogP contribution < -0.4 is 5.73 Å². The number of halogens is 6. The van der Waals surface area contributed by atoms with Crippen LogP contribution in [0.5, 0.6) is 0 Å². The lowest BCUT2D eigenvalue weighted by Gasteiger charge is -2.37. The second kappa shape index (κ2) is 13.8. The van der Waals surface area contributed by atoms with Crippen molar-refractivity contribution in [1.82, 2.24) is 19.8 Å². The quantitative estimate of drug-likeness (QED) is 0.336. The van der Waals surface area contributed by atoms with Crippen LogP contribution in [0.4, 0.5) is 26.3 Å². The van der Waals surface area contributed by atoms with E-state index >= 15 is 0 Å². The number of carbonyl (C=O) groups is 1. The fourth-order valence-electron chi connectivity index (χ4n) is 5.93. The lowest BCUT2D eigenvalue weighted by atomic mass is 9.87. The number of alkyl halides is 6. The average molecular weight is 638 g/mol. The van der Waals surface area contributed by atoms with Crippen LogP contribution in [0, 0.1) is 0 Å². The minimum absolute atomic E-state index is 0.225. The van der Waals surface area contributed by atoms with E-state index in [-0.39, 0.29) is 12.0 Å². The summed E-state index contributed by atoms with van der Waals surface area (Å²) in [6.45, 7) is 3.82. The van der Waals surface area contributed by atoms with Crippen molar-refractivity contribution in [1.29, 1.82) is 0 Å². The smallest absolute Gasteiger partial charge is 0.379 e. The molecule has 0 spiro atoms. The summed E-state index contributed by atoms with van der Waals surface area (Å²) >= 11 is 0. The van der Waals surface area contributed by atoms with Gasteiger partial charge in [0.1, 0.15) is 11.4 Å². The van der Waals surface area contributed by atoms with Crippen LogP contribution in [0.25, 0.3) is 0 Å². The molecule has 242 valence electrons. The lowest BCUT2D eigenvalue weighted by molar-refractivity contribution is -0.142. The van der Waals surface area contributed by atoms with Gasteiger partial charge in [-0.3, -0.25) is 24.6 Å². The van der Waals surface area contributed by atoms with Crippen molar-refractivity contribution in [3.05, 3.63) is 94.1 Å². The monoisotopic (exact) mass is 637 g/mol. The van der Waals surface area contributed by atoms with Crippen molar-refractivity contribution < 1.29 is 40.6 Å². The van der Waals surface area contributed by atoms with E-state index in [2.05, 4.69) is 19.8 Å². The maximum Gasteiger partial charge on any atom is 0.433 e. The van der Waals surface area contributed by atoms with Crippen molar-refractivity contribution in [3.8, 4) is 0 Å². The highest BCUT2D eigenvalue weighted by molar-refractivity contribution is 5.94. The van der Waals surface area contributed by atoms with Gasteiger partial charge < -0.3 is 15.2 Å². The van der Waals surface area contributed by atoms with Crippen molar-refractivity contribution in [2.24, 2.45) is 5.73 Å². The summed E-state index contributed by atoms with van der Waals surface area (Å²) in [6.07, 6.45) is -6.21. The Morgan fingerprint density at radius 2 is 1.20 bits per heavy atom. The van der Waals surface area contributed by atoms with E-state index in [1.165, 1.54) is 24.5 Å². The van der Waals surface area contributed by atoms with Gasteiger partial charge in [0, 0.05) is 56.2 Å². The number of ether oxygens (including phenoxy) is 2. The SMILES string of the molecule is NC(=O)c1cccc(CC(c2ccc(C(F)(F)F)nc2)N2CCOCC2)c1CC(c1ccc(C(F)(F)F)nc1)N1CCOCC1. The molecule has 1 aromatic carbocycles. The van der Waals surface area contributed by atoms with Gasteiger partial charge in [0.15, 0.2) is 0 Å². The Kier molecular flexibility index (Phi) is 10.1. The molecule has 2 unspecified atom stereocenters. The largest absolute Gasteiger partial charge is 0.433 e. The summed E-state index contributed by atoms with van der Waals surface area (Å²) in [5.74, 6) is -0.669. The molecule has 2 aliphatic heterocycles. The van der Waals surface area contributed by atoms with E-state index in [9.17, 15) is 31.1 Å². The fraction of sp³-hybridized carbons (Fsp3) is 0.452. The Hall–Kier alpha value is -3.59. The highest BCUT2D eigenvalue weighted by Crippen LogP contribution is 2.35. The number of amides is 1. The first-order chi connectivity index (χ1) is 21.4. The third-order valence-corrected chi connectivity index (χ3v) is 8.25. The van der Waals surface area contributed by atoms with E-state index in [1.54, 1.807) is 12.1 Å². The molecule has 0 bridgehead atoms. The van der Waals surface area contributed by atoms with Crippen LogP contribution in [0.15, 0.2) is 54.9 Å². The maximum atomic E-state index is 13.3. The number of pyridine rings is 2. The number of hydrogen-bond donors (Lipinski definition) is 1. The van der Waals surface area contributed by atoms with E-state index in [0.717, 1.165) is 17.7 Å². The number of benzene rings is 1. The van der Waals surface area contributed by atoms with Gasteiger partial charge in [-0.25, -0.2) is 0 Å². The van der Waals surface area contributed by atoms with Gasteiger partial charge in [-0.2, -0.15) is 26.3 Å². The zero-order valence-electron chi connectivity index (χ0n) is 24.3. The molecule has 4 heterocycles. The molecule has 3 aromatic rings. The summed E-state index contributed by atoms with van der Waals surface area (Å²) in [5.41, 5.74) is 6.53. The van der Waals surface area contributed by atoms with Crippen LogP contribution >= 0.6 is 0 Å². The van der Waals surface area contributed by atoms with Gasteiger partial charge in [-0.15, -0.1) is 0 Å². The number of aromatic nitrogens is 2. The Bertz CT molecular complexity index is 1440. The van der Waals surface area contributed by atoms with Crippen LogP contribution in [-0.4, -0.2) is 78.3 Å². The molecule has 14 heteroatoms. The molecule has 2 fully saturated rings. The average Bonchev–Trinajstić information content (AvgIpc) is 3.03. The van der Waals surface area contributed by atoms with Gasteiger partial charge in [-0.1, -0.05) is 24.3 Å². The summed E-state index contributed by atoms with van der Waals surface area (Å²) in [4.78, 5) is 24.3. The molecule has 2 aliphatic rings. The van der Waals surface area contributed by atoms with E-state index < -0.39 is 41.7 Å². The van der Waals surface area contributed by atoms with Crippen LogP contribution in [0.2, 0.25) is 0 Å². The standard InChI is InChI=1S/C31H33F6N5O3/c32-30(33,34)27-6-4-21(18-39-27)25(41-8-12-44-13-9-41)16-20-2-1-3-23(29(38)43)24(20)17-26(42-10-14-45-15-11-42)22-5-7-28(40-19-22)31(35,36)37/h1-7,18-19,25-26H,8-17H2,(H2,38,43). The number of hydrogen-bond acceptors (Lipinski definition) is 7. The van der Waals surface area contributed by atoms with Crippen LogP contribution in [0.3, 0.4) is 0 Å². The number of nitrogens with zero attached hydrogens (tertiary/aromatic N) is 4. The Labute approximate surface area is 256 Å². The molecule has 2 N–H and O–H groups in total. The van der Waals surface area contributed by atoms with E-state index in [1.807, 2.05) is 6.07 Å². The Balaban J connectivity index is 1.54. The summed E-state index contributed by atoms with van der Waals surface area (Å²) < 4.78 is 90.8. The summed E-state index contributed by atoms with van der Waals surface area (Å²) in [6, 6.07) is 8.98. The van der Waals surface area contributed by atoms with Crippen LogP contribution in [-0.2, 0) is 34.7 Å². The molecule has 5 rings (SSSR count). The van der Waals surface area contributed by atoms with Crippen molar-refractivity contribution in [2.75, 3.05) is 52.6 Å². The Morgan fingerprint density at radius 1 is 0.733 bits per heavy atom. The first-order valence-electron chi connectivity index (χ1n) is 14.5. The van der Waals surface area contributed by atoms with E-state index in [4.69, 9.17) is 15.2 Å². The van der Waals surface area contributed by atoms with Crippen molar-refractivity contribution in [2.45, 2.75) is 37.3 Å². The molecular formula is C31H33F6N5O3. The number of nitrogens with two attached hydrogens (primary N) is 1. The molecular weight excluding hydrogens is 604 g/mol. The molecule has 1 amide bonds. The zero-order chi connectivity index (χ0) is 32.2. The first kappa shape index (κ1) is 32.8. The van der Waals surface area contributed by atoms with Crippen molar-refractivity contribution >= 4 is 5.91 Å². The van der Waals surface area contributed by atoms with Gasteiger partial charge in [0.25, 0.3) is 0 Å². The Morgan fingerprint density at radius 3 is 1.60 bits per heavy atom. The highest BCUT2D eigenvalue weighted by atomic mass is 19.4. The van der Waals surface area contributed by atoms with Gasteiger partial charge in [-0.05, 0) is 53.3 Å². The first-order valence-corrected chi connectivity index (χ1v) is 14.5. The van der Waals surface area contributed by atoms with Crippen molar-refractivity contribution in [3.63, 3.8) is 0 Å². The molecule has 2 saturated heterocycles. The molecule has 8 nitrogen and oxygen atoms in total. The molecule has 0 aliphatic carbocycles. The zero-order valence-corrected chi connectivity index (χ0v) is 24.3. The normalized spacial score (nSPS) is 18.4. The molecule has 0 radical (unpaired) electrons.